The van der Waals surface area contributed by atoms with Gasteiger partial charge in [0.1, 0.15) is 5.76 Å². The van der Waals surface area contributed by atoms with Crippen molar-refractivity contribution in [3.05, 3.63) is 53.8 Å². The molecule has 1 rings (SSSR count). The number of carbonyl (C=O) groups is 1. The van der Waals surface area contributed by atoms with Crippen molar-refractivity contribution >= 4 is 12.0 Å². The fourth-order valence-corrected chi connectivity index (χ4v) is 1.38. The van der Waals surface area contributed by atoms with E-state index in [-0.39, 0.29) is 5.97 Å². The maximum Gasteiger partial charge on any atom is 0.335 e. The molecule has 0 aliphatic heterocycles. The van der Waals surface area contributed by atoms with Crippen LogP contribution in [0.15, 0.2) is 48.2 Å². The van der Waals surface area contributed by atoms with Crippen LogP contribution in [-0.2, 0) is 9.53 Å². The van der Waals surface area contributed by atoms with E-state index in [0.29, 0.717) is 0 Å². The molecule has 0 unspecified atom stereocenters. The molecule has 0 saturated heterocycles. The molecule has 0 saturated carbocycles. The van der Waals surface area contributed by atoms with E-state index in [1.165, 1.54) is 6.08 Å². The molecule has 2 nitrogen and oxygen atoms in total. The lowest BCUT2D eigenvalue weighted by molar-refractivity contribution is -0.133. The summed E-state index contributed by atoms with van der Waals surface area (Å²) in [4.78, 5) is 11.5. The minimum Gasteiger partial charge on any atom is -0.428 e. The van der Waals surface area contributed by atoms with Gasteiger partial charge in [0.15, 0.2) is 0 Å². The fraction of sp³-hybridized carbons (Fsp3) is 0.267. The van der Waals surface area contributed by atoms with Gasteiger partial charge in [0, 0.05) is 12.5 Å². The zero-order chi connectivity index (χ0) is 12.5. The molecule has 0 atom stereocenters. The molecule has 0 heterocycles. The van der Waals surface area contributed by atoms with Gasteiger partial charge in [-0.3, -0.25) is 0 Å². The Morgan fingerprint density at radius 1 is 1.24 bits per heavy atom. The van der Waals surface area contributed by atoms with Crippen LogP contribution in [0.2, 0.25) is 0 Å². The van der Waals surface area contributed by atoms with Gasteiger partial charge in [-0.25, -0.2) is 4.79 Å². The Morgan fingerprint density at radius 2 is 1.94 bits per heavy atom. The molecule has 0 aromatic heterocycles. The Kier molecular flexibility index (Phi) is 5.80. The van der Waals surface area contributed by atoms with Gasteiger partial charge in [-0.1, -0.05) is 44.2 Å². The van der Waals surface area contributed by atoms with E-state index in [1.807, 2.05) is 50.3 Å². The van der Waals surface area contributed by atoms with Crippen LogP contribution in [0.3, 0.4) is 0 Å². The lowest BCUT2D eigenvalue weighted by Gasteiger charge is -2.03. The van der Waals surface area contributed by atoms with Gasteiger partial charge in [0.25, 0.3) is 0 Å². The number of esters is 1. The molecule has 0 aliphatic carbocycles. The van der Waals surface area contributed by atoms with Gasteiger partial charge in [0.2, 0.25) is 0 Å². The summed E-state index contributed by atoms with van der Waals surface area (Å²) in [6.45, 7) is 3.99. The number of ether oxygens (including phenoxy) is 1. The van der Waals surface area contributed by atoms with Crippen molar-refractivity contribution in [1.82, 2.24) is 0 Å². The number of benzene rings is 1. The third kappa shape index (κ3) is 5.16. The zero-order valence-electron chi connectivity index (χ0n) is 10.3. The third-order valence-corrected chi connectivity index (χ3v) is 2.22. The maximum atomic E-state index is 11.5. The Labute approximate surface area is 103 Å². The second-order valence-corrected chi connectivity index (χ2v) is 3.60. The number of hydrogen-bond donors (Lipinski definition) is 0. The van der Waals surface area contributed by atoms with Gasteiger partial charge < -0.3 is 4.74 Å². The Hall–Kier alpha value is -1.83. The molecule has 17 heavy (non-hydrogen) atoms. The summed E-state index contributed by atoms with van der Waals surface area (Å²) in [5.41, 5.74) is 0.988. The molecular formula is C15H18O2. The molecule has 90 valence electrons. The van der Waals surface area contributed by atoms with E-state index in [2.05, 4.69) is 0 Å². The molecule has 1 aromatic carbocycles. The first-order chi connectivity index (χ1) is 8.26. The first-order valence-corrected chi connectivity index (χ1v) is 5.90. The molecule has 2 heteroatoms. The van der Waals surface area contributed by atoms with E-state index in [1.54, 1.807) is 6.08 Å². The Morgan fingerprint density at radius 3 is 2.53 bits per heavy atom. The van der Waals surface area contributed by atoms with Gasteiger partial charge in [-0.2, -0.15) is 0 Å². The van der Waals surface area contributed by atoms with Crippen molar-refractivity contribution in [1.29, 1.82) is 0 Å². The molecule has 0 bridgehead atoms. The average molecular weight is 230 g/mol. The highest BCUT2D eigenvalue weighted by atomic mass is 16.5. The molecule has 0 spiro atoms. The standard InChI is InChI=1S/C15H18O2/c1-3-8-14(4-2)17-15(16)12-11-13-9-6-5-7-10-13/h5-12H,3-4H2,1-2H3/b12-11+,14-8+. The van der Waals surface area contributed by atoms with Gasteiger partial charge >= 0.3 is 5.97 Å². The van der Waals surface area contributed by atoms with Crippen LogP contribution < -0.4 is 0 Å². The highest BCUT2D eigenvalue weighted by Crippen LogP contribution is 2.06. The molecule has 1 aromatic rings. The van der Waals surface area contributed by atoms with E-state index >= 15 is 0 Å². The topological polar surface area (TPSA) is 26.3 Å². The summed E-state index contributed by atoms with van der Waals surface area (Å²) in [6.07, 6.45) is 6.74. The minimum absolute atomic E-state index is 0.324. The first kappa shape index (κ1) is 13.2. The largest absolute Gasteiger partial charge is 0.428 e. The average Bonchev–Trinajstić information content (AvgIpc) is 2.37. The van der Waals surface area contributed by atoms with Crippen LogP contribution in [0.1, 0.15) is 32.3 Å². The minimum atomic E-state index is -0.324. The highest BCUT2D eigenvalue weighted by molar-refractivity contribution is 5.87. The van der Waals surface area contributed by atoms with Crippen LogP contribution in [-0.4, -0.2) is 5.97 Å². The van der Waals surface area contributed by atoms with Crippen molar-refractivity contribution in [2.24, 2.45) is 0 Å². The van der Waals surface area contributed by atoms with Gasteiger partial charge in [0.05, 0.1) is 0 Å². The summed E-state index contributed by atoms with van der Waals surface area (Å²) in [7, 11) is 0. The van der Waals surface area contributed by atoms with Gasteiger partial charge in [-0.05, 0) is 24.1 Å². The summed E-state index contributed by atoms with van der Waals surface area (Å²) in [6, 6.07) is 9.67. The van der Waals surface area contributed by atoms with Crippen molar-refractivity contribution < 1.29 is 9.53 Å². The molecule has 0 N–H and O–H groups in total. The molecule has 0 radical (unpaired) electrons. The molecule has 0 fully saturated rings. The lowest BCUT2D eigenvalue weighted by atomic mass is 10.2. The number of rotatable bonds is 5. The fourth-order valence-electron chi connectivity index (χ4n) is 1.38. The van der Waals surface area contributed by atoms with E-state index in [4.69, 9.17) is 4.74 Å². The number of carbonyl (C=O) groups excluding carboxylic acids is 1. The van der Waals surface area contributed by atoms with Crippen molar-refractivity contribution in [2.45, 2.75) is 26.7 Å². The number of hydrogen-bond acceptors (Lipinski definition) is 2. The molecular weight excluding hydrogens is 212 g/mol. The van der Waals surface area contributed by atoms with E-state index < -0.39 is 0 Å². The smallest absolute Gasteiger partial charge is 0.335 e. The lowest BCUT2D eigenvalue weighted by Crippen LogP contribution is -1.99. The number of allylic oxidation sites excluding steroid dienone is 2. The normalized spacial score (nSPS) is 11.8. The summed E-state index contributed by atoms with van der Waals surface area (Å²) < 4.78 is 5.20. The molecule has 0 aliphatic rings. The highest BCUT2D eigenvalue weighted by Gasteiger charge is 2.00. The predicted molar refractivity (Wildman–Crippen MR) is 70.2 cm³/mol. The third-order valence-electron chi connectivity index (χ3n) is 2.22. The second-order valence-electron chi connectivity index (χ2n) is 3.60. The Balaban J connectivity index is 2.55. The summed E-state index contributed by atoms with van der Waals surface area (Å²) in [5.74, 6) is 0.408. The van der Waals surface area contributed by atoms with Gasteiger partial charge in [-0.15, -0.1) is 0 Å². The SMILES string of the molecule is CC/C=C(\CC)OC(=O)/C=C/c1ccccc1. The Bertz CT molecular complexity index is 402. The van der Waals surface area contributed by atoms with Crippen LogP contribution in [0.5, 0.6) is 0 Å². The van der Waals surface area contributed by atoms with Crippen molar-refractivity contribution in [2.75, 3.05) is 0 Å². The van der Waals surface area contributed by atoms with E-state index in [0.717, 1.165) is 24.2 Å². The van der Waals surface area contributed by atoms with Crippen molar-refractivity contribution in [3.8, 4) is 0 Å². The predicted octanol–water partition coefficient (Wildman–Crippen LogP) is 3.95. The van der Waals surface area contributed by atoms with E-state index in [9.17, 15) is 4.79 Å². The second kappa shape index (κ2) is 7.44. The van der Waals surface area contributed by atoms with Crippen molar-refractivity contribution in [3.63, 3.8) is 0 Å². The quantitative estimate of drug-likeness (QED) is 0.435. The van der Waals surface area contributed by atoms with Crippen LogP contribution in [0, 0.1) is 0 Å². The maximum absolute atomic E-state index is 11.5. The monoisotopic (exact) mass is 230 g/mol. The first-order valence-electron chi connectivity index (χ1n) is 5.90. The van der Waals surface area contributed by atoms with Crippen LogP contribution >= 0.6 is 0 Å². The summed E-state index contributed by atoms with van der Waals surface area (Å²) in [5, 5.41) is 0. The summed E-state index contributed by atoms with van der Waals surface area (Å²) >= 11 is 0. The zero-order valence-corrected chi connectivity index (χ0v) is 10.3. The van der Waals surface area contributed by atoms with Crippen LogP contribution in [0.4, 0.5) is 0 Å². The molecule has 0 amide bonds. The van der Waals surface area contributed by atoms with Crippen LogP contribution in [0.25, 0.3) is 6.08 Å².